The monoisotopic (exact) mass is 832 g/mol. The molecular formula is C45H52O15. The number of hydrogen-bond donors (Lipinski definition) is 0. The van der Waals surface area contributed by atoms with Gasteiger partial charge in [0, 0.05) is 52.4 Å². The Morgan fingerprint density at radius 3 is 1.82 bits per heavy atom. The molecule has 3 aliphatic carbocycles. The number of benzene rings is 2. The lowest BCUT2D eigenvalue weighted by Crippen LogP contribution is -2.64. The molecule has 2 aromatic carbocycles. The van der Waals surface area contributed by atoms with Crippen LogP contribution in [0.3, 0.4) is 0 Å². The van der Waals surface area contributed by atoms with E-state index in [1.807, 2.05) is 0 Å². The zero-order valence-corrected chi connectivity index (χ0v) is 35.2. The van der Waals surface area contributed by atoms with Crippen molar-refractivity contribution in [2.75, 3.05) is 6.61 Å². The highest BCUT2D eigenvalue weighted by Gasteiger charge is 2.85. The molecule has 15 heteroatoms. The summed E-state index contributed by atoms with van der Waals surface area (Å²) >= 11 is 0. The van der Waals surface area contributed by atoms with Gasteiger partial charge >= 0.3 is 41.8 Å². The van der Waals surface area contributed by atoms with Gasteiger partial charge in [-0.2, -0.15) is 0 Å². The Kier molecular flexibility index (Phi) is 11.8. The van der Waals surface area contributed by atoms with Crippen LogP contribution in [-0.4, -0.2) is 95.2 Å². The molecule has 2 aromatic rings. The fourth-order valence-electron chi connectivity index (χ4n) is 10.5. The summed E-state index contributed by atoms with van der Waals surface area (Å²) < 4.78 is 51.2. The van der Waals surface area contributed by atoms with Crippen LogP contribution in [0.5, 0.6) is 0 Å². The van der Waals surface area contributed by atoms with Crippen LogP contribution >= 0.6 is 0 Å². The van der Waals surface area contributed by atoms with Gasteiger partial charge in [-0.25, -0.2) is 9.59 Å². The zero-order valence-electron chi connectivity index (χ0n) is 35.2. The summed E-state index contributed by atoms with van der Waals surface area (Å²) in [7, 11) is 0. The summed E-state index contributed by atoms with van der Waals surface area (Å²) in [5, 5.41) is 0. The van der Waals surface area contributed by atoms with Gasteiger partial charge in [-0.1, -0.05) is 49.4 Å². The van der Waals surface area contributed by atoms with Crippen molar-refractivity contribution in [2.45, 2.75) is 122 Å². The molecule has 3 fully saturated rings. The van der Waals surface area contributed by atoms with Crippen molar-refractivity contribution in [2.24, 2.45) is 23.2 Å². The number of esters is 7. The summed E-state index contributed by atoms with van der Waals surface area (Å²) in [5.41, 5.74) is -8.67. The molecule has 1 saturated heterocycles. The molecule has 60 heavy (non-hydrogen) atoms. The van der Waals surface area contributed by atoms with Crippen LogP contribution in [0.1, 0.15) is 95.9 Å². The van der Waals surface area contributed by atoms with Gasteiger partial charge in [-0.15, -0.1) is 0 Å². The van der Waals surface area contributed by atoms with E-state index in [0.717, 1.165) is 13.8 Å². The molecule has 0 spiro atoms. The summed E-state index contributed by atoms with van der Waals surface area (Å²) in [6, 6.07) is 16.1. The topological polar surface area (TPSA) is 193 Å². The summed E-state index contributed by atoms with van der Waals surface area (Å²) in [5.74, 6) is -8.90. The van der Waals surface area contributed by atoms with E-state index in [1.54, 1.807) is 76.2 Å². The van der Waals surface area contributed by atoms with Gasteiger partial charge in [0.1, 0.15) is 23.4 Å². The minimum atomic E-state index is -2.20. The number of carbonyl (C=O) groups is 7. The normalized spacial score (nSPS) is 33.8. The third-order valence-electron chi connectivity index (χ3n) is 12.4. The first kappa shape index (κ1) is 44.0. The van der Waals surface area contributed by atoms with Crippen molar-refractivity contribution in [1.29, 1.82) is 0 Å². The van der Waals surface area contributed by atoms with Gasteiger partial charge in [0.15, 0.2) is 23.4 Å². The van der Waals surface area contributed by atoms with Gasteiger partial charge < -0.3 is 37.9 Å². The van der Waals surface area contributed by atoms with Gasteiger partial charge in [-0.3, -0.25) is 24.0 Å². The largest absolute Gasteiger partial charge is 0.461 e. The molecule has 322 valence electrons. The lowest BCUT2D eigenvalue weighted by atomic mass is 9.53. The number of rotatable bonds is 11. The van der Waals surface area contributed by atoms with E-state index in [-0.39, 0.29) is 24.2 Å². The molecule has 11 atom stereocenters. The van der Waals surface area contributed by atoms with Gasteiger partial charge in [-0.05, 0) is 58.0 Å². The average Bonchev–Trinajstić information content (AvgIpc) is 3.59. The Labute approximate surface area is 348 Å². The number of hydrogen-bond acceptors (Lipinski definition) is 15. The van der Waals surface area contributed by atoms with E-state index in [0.29, 0.717) is 0 Å². The molecule has 0 N–H and O–H groups in total. The smallest absolute Gasteiger partial charge is 0.338 e. The van der Waals surface area contributed by atoms with Gasteiger partial charge in [0.25, 0.3) is 0 Å². The zero-order chi connectivity index (χ0) is 44.0. The van der Waals surface area contributed by atoms with Gasteiger partial charge in [0.2, 0.25) is 0 Å². The maximum atomic E-state index is 14.5. The molecule has 1 aliphatic heterocycles. The minimum Gasteiger partial charge on any atom is -0.461 e. The van der Waals surface area contributed by atoms with Crippen molar-refractivity contribution in [3.05, 3.63) is 83.9 Å². The number of ether oxygens (including phenoxy) is 8. The Hall–Kier alpha value is -5.57. The highest BCUT2D eigenvalue weighted by Crippen LogP contribution is 2.70. The Morgan fingerprint density at radius 1 is 0.700 bits per heavy atom. The molecule has 4 aliphatic rings. The molecule has 6 rings (SSSR count). The second-order valence-electron chi connectivity index (χ2n) is 17.0. The average molecular weight is 833 g/mol. The number of fused-ring (bicyclic) bond motifs is 1. The second-order valence-corrected chi connectivity index (χ2v) is 17.0. The molecule has 0 radical (unpaired) electrons. The predicted molar refractivity (Wildman–Crippen MR) is 209 cm³/mol. The van der Waals surface area contributed by atoms with Crippen molar-refractivity contribution in [3.63, 3.8) is 0 Å². The summed E-state index contributed by atoms with van der Waals surface area (Å²) in [6.07, 6.45) is -3.43. The van der Waals surface area contributed by atoms with Crippen LogP contribution in [0.4, 0.5) is 0 Å². The van der Waals surface area contributed by atoms with E-state index in [4.69, 9.17) is 37.9 Å². The summed E-state index contributed by atoms with van der Waals surface area (Å²) in [6.45, 7) is 12.5. The van der Waals surface area contributed by atoms with E-state index in [2.05, 4.69) is 0 Å². The number of carbonyl (C=O) groups excluding carboxylic acids is 7. The lowest BCUT2D eigenvalue weighted by Gasteiger charge is -2.53. The predicted octanol–water partition coefficient (Wildman–Crippen LogP) is 5.27. The van der Waals surface area contributed by atoms with Crippen LogP contribution in [0.25, 0.3) is 0 Å². The standard InChI is InChI=1S/C45H52O15/c1-10-33(50)56-36-34-37(55-26(3)47)44-24-53-43(9,35(44)31(41(6,7)58-27(4)48)21-22-32(44)54-25(2)46)40(57-38(51)29-17-13-11-14-18-29)45(34,59-28(5)49)23-42(36,8)60-39(52)30-19-15-12-16-20-30/h11-22,31-32,34-37,40H,10,23-24H2,1-9H3/t31-,32+,34+,35-,36+,37+,40+,42+,43+,44+,45+/m0/s1. The van der Waals surface area contributed by atoms with Crippen LogP contribution in [0, 0.1) is 23.2 Å². The maximum absolute atomic E-state index is 14.5. The Balaban J connectivity index is 1.74. The lowest BCUT2D eigenvalue weighted by molar-refractivity contribution is -0.239. The highest BCUT2D eigenvalue weighted by molar-refractivity contribution is 5.90. The fraction of sp³-hybridized carbons (Fsp3) is 0.533. The molecule has 0 unspecified atom stereocenters. The van der Waals surface area contributed by atoms with Crippen LogP contribution < -0.4 is 0 Å². The fourth-order valence-corrected chi connectivity index (χ4v) is 10.5. The Bertz CT molecular complexity index is 2060. The quantitative estimate of drug-likeness (QED) is 0.161. The molecule has 0 aromatic heterocycles. The first-order valence-corrected chi connectivity index (χ1v) is 19.9. The third-order valence-corrected chi connectivity index (χ3v) is 12.4. The molecule has 2 saturated carbocycles. The molecule has 15 nitrogen and oxygen atoms in total. The molecular weight excluding hydrogens is 780 g/mol. The summed E-state index contributed by atoms with van der Waals surface area (Å²) in [4.78, 5) is 95.4. The second kappa shape index (κ2) is 16.1. The minimum absolute atomic E-state index is 0.115. The van der Waals surface area contributed by atoms with Crippen LogP contribution in [0.15, 0.2) is 72.8 Å². The maximum Gasteiger partial charge on any atom is 0.338 e. The third kappa shape index (κ3) is 7.56. The molecule has 0 amide bonds. The van der Waals surface area contributed by atoms with Crippen molar-refractivity contribution in [1.82, 2.24) is 0 Å². The first-order valence-electron chi connectivity index (χ1n) is 19.9. The van der Waals surface area contributed by atoms with E-state index in [1.165, 1.54) is 45.0 Å². The van der Waals surface area contributed by atoms with Crippen molar-refractivity contribution < 1.29 is 71.5 Å². The van der Waals surface area contributed by atoms with Gasteiger partial charge in [0.05, 0.1) is 29.1 Å². The van der Waals surface area contributed by atoms with Crippen LogP contribution in [0.2, 0.25) is 0 Å². The van der Waals surface area contributed by atoms with Crippen molar-refractivity contribution in [3.8, 4) is 0 Å². The SMILES string of the molecule is CCC(=O)O[C@@H]1[C@@H]2[C@@H](OC(C)=O)[C@@]34CO[C@@](C)([C@@H](OC(=O)c5ccccc5)[C@@]2(OC(C)=O)C[C@@]1(C)OC(=O)c1ccccc1)[C@@H]3[C@@H](C(C)(C)OC(C)=O)C=C[C@H]4OC(C)=O. The van der Waals surface area contributed by atoms with E-state index in [9.17, 15) is 33.6 Å². The van der Waals surface area contributed by atoms with E-state index < -0.39 is 118 Å². The highest BCUT2D eigenvalue weighted by atomic mass is 16.6. The Morgan fingerprint density at radius 2 is 1.28 bits per heavy atom. The van der Waals surface area contributed by atoms with Crippen LogP contribution in [-0.2, 0) is 61.9 Å². The van der Waals surface area contributed by atoms with E-state index >= 15 is 0 Å². The first-order chi connectivity index (χ1) is 28.1. The molecule has 1 heterocycles. The molecule has 2 bridgehead atoms. The van der Waals surface area contributed by atoms with Crippen molar-refractivity contribution >= 4 is 41.8 Å².